The molecule has 4 heterocycles. The van der Waals surface area contributed by atoms with Crippen LogP contribution in [0.2, 0.25) is 0 Å². The zero-order valence-electron chi connectivity index (χ0n) is 19.9. The summed E-state index contributed by atoms with van der Waals surface area (Å²) >= 11 is 3.04. The van der Waals surface area contributed by atoms with Gasteiger partial charge in [-0.15, -0.1) is 22.7 Å². The third kappa shape index (κ3) is 4.39. The van der Waals surface area contributed by atoms with Crippen LogP contribution >= 0.6 is 22.7 Å². The Labute approximate surface area is 211 Å². The van der Waals surface area contributed by atoms with Crippen LogP contribution in [0.1, 0.15) is 49.8 Å². The number of likely N-dealkylation sites (tertiary alicyclic amines) is 1. The zero-order valence-corrected chi connectivity index (χ0v) is 21.5. The van der Waals surface area contributed by atoms with Gasteiger partial charge in [0.2, 0.25) is 0 Å². The second-order valence-corrected chi connectivity index (χ2v) is 11.4. The lowest BCUT2D eigenvalue weighted by molar-refractivity contribution is 0.0690. The smallest absolute Gasteiger partial charge is 0.339 e. The maximum Gasteiger partial charge on any atom is 0.339 e. The Hall–Kier alpha value is -3.01. The molecule has 3 N–H and O–H groups in total. The number of nitrogens with two attached hydrogens (primary N) is 1. The second-order valence-electron chi connectivity index (χ2n) is 9.29. The van der Waals surface area contributed by atoms with Crippen LogP contribution in [0.3, 0.4) is 0 Å². The van der Waals surface area contributed by atoms with Crippen molar-refractivity contribution < 1.29 is 14.7 Å². The van der Waals surface area contributed by atoms with Crippen molar-refractivity contribution in [2.45, 2.75) is 45.7 Å². The summed E-state index contributed by atoms with van der Waals surface area (Å²) in [5.41, 5.74) is 9.99. The molecule has 4 aromatic rings. The Morgan fingerprint density at radius 3 is 2.74 bits per heavy atom. The second kappa shape index (κ2) is 9.22. The van der Waals surface area contributed by atoms with Crippen LogP contribution in [0.15, 0.2) is 42.0 Å². The van der Waals surface area contributed by atoms with Gasteiger partial charge in [-0.1, -0.05) is 29.8 Å². The predicted octanol–water partition coefficient (Wildman–Crippen LogP) is 5.00. The van der Waals surface area contributed by atoms with E-state index >= 15 is 0 Å². The highest BCUT2D eigenvalue weighted by Gasteiger charge is 2.54. The normalized spacial score (nSPS) is 20.5. The molecule has 182 valence electrons. The lowest BCUT2D eigenvalue weighted by atomic mass is 10.1. The quantitative estimate of drug-likeness (QED) is 0.404. The van der Waals surface area contributed by atoms with E-state index in [0.29, 0.717) is 29.8 Å². The Balaban J connectivity index is 0.000000178. The highest BCUT2D eigenvalue weighted by molar-refractivity contribution is 7.16. The van der Waals surface area contributed by atoms with E-state index in [9.17, 15) is 9.59 Å². The number of benzene rings is 1. The number of hydrogen-bond donors (Lipinski definition) is 2. The van der Waals surface area contributed by atoms with Crippen molar-refractivity contribution >= 4 is 39.4 Å². The molecule has 2 aliphatic rings. The van der Waals surface area contributed by atoms with Gasteiger partial charge in [-0.3, -0.25) is 4.79 Å². The lowest BCUT2D eigenvalue weighted by Crippen LogP contribution is -2.42. The lowest BCUT2D eigenvalue weighted by Gasteiger charge is -2.26. The highest BCUT2D eigenvalue weighted by atomic mass is 32.1. The van der Waals surface area contributed by atoms with E-state index in [1.165, 1.54) is 16.9 Å². The number of carbonyl (C=O) groups is 2. The number of nitrogens with zero attached hydrogens (tertiary/aromatic N) is 3. The van der Waals surface area contributed by atoms with E-state index in [-0.39, 0.29) is 11.9 Å². The summed E-state index contributed by atoms with van der Waals surface area (Å²) in [5.74, 6) is -0.126. The van der Waals surface area contributed by atoms with Gasteiger partial charge in [-0.25, -0.2) is 9.78 Å². The number of rotatable bonds is 4. The van der Waals surface area contributed by atoms with Crippen LogP contribution in [0.4, 0.5) is 0 Å². The summed E-state index contributed by atoms with van der Waals surface area (Å²) in [6.07, 6.45) is 5.87. The molecule has 1 saturated heterocycles. The Morgan fingerprint density at radius 2 is 2.03 bits per heavy atom. The van der Waals surface area contributed by atoms with Crippen LogP contribution in [-0.2, 0) is 0 Å². The van der Waals surface area contributed by atoms with Crippen LogP contribution in [0.5, 0.6) is 0 Å². The molecule has 1 saturated carbocycles. The standard InChI is InChI=1S/C18H21N3OS.C8H7NO2S/c1-10-4-3-5-12(6-10)17-16(20-11(2)23-17)18(22)21-14(9-19)7-13-8-15(13)21;1-5-4-9-2-3-12-7(9)6(5)8(10)11/h3-6,13-15H,7-9,19H2,1-2H3;2-4H,1H3,(H,10,11)/t13-,14+,15+;/m1./s1. The Bertz CT molecular complexity index is 1420. The summed E-state index contributed by atoms with van der Waals surface area (Å²) in [6.45, 7) is 6.38. The van der Waals surface area contributed by atoms with Crippen LogP contribution in [-0.4, -0.2) is 49.9 Å². The molecule has 7 nitrogen and oxygen atoms in total. The van der Waals surface area contributed by atoms with Crippen LogP contribution in [0.25, 0.3) is 15.3 Å². The van der Waals surface area contributed by atoms with Crippen LogP contribution < -0.4 is 5.73 Å². The average molecular weight is 509 g/mol. The van der Waals surface area contributed by atoms with Gasteiger partial charge in [-0.05, 0) is 50.7 Å². The van der Waals surface area contributed by atoms with Gasteiger partial charge in [0, 0.05) is 36.4 Å². The molecule has 1 aromatic carbocycles. The first kappa shape index (κ1) is 23.7. The first-order valence-electron chi connectivity index (χ1n) is 11.6. The number of aromatic carboxylic acids is 1. The molecule has 6 rings (SSSR count). The van der Waals surface area contributed by atoms with Gasteiger partial charge in [0.15, 0.2) is 0 Å². The van der Waals surface area contributed by atoms with E-state index in [1.54, 1.807) is 11.3 Å². The van der Waals surface area contributed by atoms with Gasteiger partial charge in [0.1, 0.15) is 10.5 Å². The Morgan fingerprint density at radius 1 is 1.23 bits per heavy atom. The minimum Gasteiger partial charge on any atom is -0.478 e. The van der Waals surface area contributed by atoms with Gasteiger partial charge in [-0.2, -0.15) is 0 Å². The number of aromatic nitrogens is 2. The number of carboxylic acid groups (broad SMARTS) is 1. The van der Waals surface area contributed by atoms with Crippen molar-refractivity contribution in [2.24, 2.45) is 11.7 Å². The number of fused-ring (bicyclic) bond motifs is 2. The number of piperidine rings is 1. The molecule has 35 heavy (non-hydrogen) atoms. The molecule has 1 amide bonds. The maximum absolute atomic E-state index is 13.2. The van der Waals surface area contributed by atoms with E-state index in [0.717, 1.165) is 38.7 Å². The number of aryl methyl sites for hydroxylation is 3. The van der Waals surface area contributed by atoms with Crippen molar-refractivity contribution in [2.75, 3.05) is 6.54 Å². The summed E-state index contributed by atoms with van der Waals surface area (Å²) in [4.78, 5) is 32.3. The molecule has 0 spiro atoms. The van der Waals surface area contributed by atoms with Gasteiger partial charge in [0.25, 0.3) is 5.91 Å². The van der Waals surface area contributed by atoms with E-state index < -0.39 is 5.97 Å². The molecule has 9 heteroatoms. The average Bonchev–Trinajstić information content (AvgIpc) is 3.17. The minimum absolute atomic E-state index is 0.0614. The largest absolute Gasteiger partial charge is 0.478 e. The fraction of sp³-hybridized carbons (Fsp3) is 0.346. The minimum atomic E-state index is -0.850. The molecule has 0 radical (unpaired) electrons. The molecule has 0 unspecified atom stereocenters. The third-order valence-electron chi connectivity index (χ3n) is 6.72. The molecule has 1 aliphatic carbocycles. The summed E-state index contributed by atoms with van der Waals surface area (Å²) < 4.78 is 1.84. The van der Waals surface area contributed by atoms with Gasteiger partial charge in [0.05, 0.1) is 15.4 Å². The predicted molar refractivity (Wildman–Crippen MR) is 140 cm³/mol. The fourth-order valence-electron chi connectivity index (χ4n) is 5.04. The number of hydrogen-bond acceptors (Lipinski definition) is 6. The SMILES string of the molecule is Cc1cccc(-c2sc(C)nc2C(=O)N2[C@H](CN)C[C@@H]3C[C@@H]32)c1.Cc1cn2ccsc2c1C(=O)O. The first-order valence-corrected chi connectivity index (χ1v) is 13.3. The molecular weight excluding hydrogens is 480 g/mol. The van der Waals surface area contributed by atoms with E-state index in [1.807, 2.05) is 47.0 Å². The highest BCUT2D eigenvalue weighted by Crippen LogP contribution is 2.48. The Kier molecular flexibility index (Phi) is 6.25. The number of amides is 1. The number of carboxylic acids is 1. The molecule has 3 aromatic heterocycles. The van der Waals surface area contributed by atoms with Crippen molar-refractivity contribution in [3.05, 3.63) is 69.4 Å². The number of carbonyl (C=O) groups excluding carboxylic acids is 1. The molecule has 1 aliphatic heterocycles. The fourth-order valence-corrected chi connectivity index (χ4v) is 6.87. The van der Waals surface area contributed by atoms with Crippen molar-refractivity contribution in [3.63, 3.8) is 0 Å². The van der Waals surface area contributed by atoms with Crippen LogP contribution in [0, 0.1) is 26.7 Å². The maximum atomic E-state index is 13.2. The topological polar surface area (TPSA) is 101 Å². The van der Waals surface area contributed by atoms with E-state index in [2.05, 4.69) is 30.1 Å². The number of thiazole rings is 2. The molecule has 3 atom stereocenters. The van der Waals surface area contributed by atoms with Crippen molar-refractivity contribution in [1.29, 1.82) is 0 Å². The van der Waals surface area contributed by atoms with Crippen molar-refractivity contribution in [3.8, 4) is 10.4 Å². The van der Waals surface area contributed by atoms with Gasteiger partial charge < -0.3 is 20.1 Å². The zero-order chi connectivity index (χ0) is 24.9. The summed E-state index contributed by atoms with van der Waals surface area (Å²) in [6, 6.07) is 8.85. The van der Waals surface area contributed by atoms with Gasteiger partial charge >= 0.3 is 5.97 Å². The third-order valence-corrected chi connectivity index (χ3v) is 8.64. The summed E-state index contributed by atoms with van der Waals surface area (Å²) in [7, 11) is 0. The van der Waals surface area contributed by atoms with Crippen molar-refractivity contribution in [1.82, 2.24) is 14.3 Å². The molecular formula is C26H28N4O3S2. The van der Waals surface area contributed by atoms with E-state index in [4.69, 9.17) is 10.8 Å². The molecule has 0 bridgehead atoms. The summed E-state index contributed by atoms with van der Waals surface area (Å²) in [5, 5.41) is 11.7. The first-order chi connectivity index (χ1) is 16.8. The molecule has 2 fully saturated rings. The monoisotopic (exact) mass is 508 g/mol.